The number of carbonyl (C=O) groups excluding carboxylic acids is 8. The third kappa shape index (κ3) is 19.7. The van der Waals surface area contributed by atoms with E-state index in [1.807, 2.05) is 38.2 Å². The number of amides is 4. The van der Waals surface area contributed by atoms with Crippen LogP contribution in [0.1, 0.15) is 185 Å². The summed E-state index contributed by atoms with van der Waals surface area (Å²) >= 11 is 0. The van der Waals surface area contributed by atoms with E-state index in [1.165, 1.54) is 9.80 Å². The van der Waals surface area contributed by atoms with Gasteiger partial charge < -0.3 is 48.0 Å². The first-order valence-corrected chi connectivity index (χ1v) is 43.5. The summed E-state index contributed by atoms with van der Waals surface area (Å²) in [4.78, 5) is 139. The number of aromatic nitrogens is 4. The third-order valence-electron chi connectivity index (χ3n) is 24.3. The normalized spacial score (nSPS) is 29.3. The lowest BCUT2D eigenvalue weighted by atomic mass is 9.82. The van der Waals surface area contributed by atoms with Crippen LogP contribution in [0.5, 0.6) is 23.3 Å². The summed E-state index contributed by atoms with van der Waals surface area (Å²) in [5, 5.41) is 1.18. The van der Waals surface area contributed by atoms with E-state index in [2.05, 4.69) is 43.2 Å². The highest BCUT2D eigenvalue weighted by Crippen LogP contribution is 2.60. The van der Waals surface area contributed by atoms with Gasteiger partial charge in [0.1, 0.15) is 57.8 Å². The molecule has 4 saturated carbocycles. The average molecular weight is 1660 g/mol. The number of benzene rings is 2. The van der Waals surface area contributed by atoms with Crippen LogP contribution in [0.15, 0.2) is 60.7 Å². The Morgan fingerprint density at radius 1 is 0.552 bits per heavy atom. The number of fused-ring (bicyclic) bond motifs is 6. The van der Waals surface area contributed by atoms with E-state index in [4.69, 9.17) is 28.4 Å². The lowest BCUT2D eigenvalue weighted by molar-refractivity contribution is -0.160. The summed E-state index contributed by atoms with van der Waals surface area (Å²) < 4.78 is 117. The largest absolute Gasteiger partial charge is 0.497 e. The number of allylic oxidation sites excluding steroid dienone is 4. The summed E-state index contributed by atoms with van der Waals surface area (Å²) in [6, 6.07) is 8.45. The minimum Gasteiger partial charge on any atom is -0.497 e. The van der Waals surface area contributed by atoms with Crippen LogP contribution in [0.25, 0.3) is 21.8 Å². The number of esters is 2. The van der Waals surface area contributed by atoms with Gasteiger partial charge in [-0.25, -0.2) is 35.6 Å². The van der Waals surface area contributed by atoms with Crippen molar-refractivity contribution >= 4 is 101 Å². The minimum atomic E-state index is -4.35. The highest BCUT2D eigenvalue weighted by molar-refractivity contribution is 7.92. The number of alkyl halides is 2. The predicted octanol–water partition coefficient (Wildman–Crippen LogP) is 10.7. The molecule has 0 radical (unpaired) electrons. The number of Topliss-reactive ketones (excluding diaryl/α,β-unsaturated/α-hetero) is 2. The molecule has 0 unspecified atom stereocenters. The van der Waals surface area contributed by atoms with Crippen molar-refractivity contribution in [1.29, 1.82) is 0 Å². The lowest BCUT2D eigenvalue weighted by Gasteiger charge is -2.32. The predicted molar refractivity (Wildman–Crippen MR) is 431 cm³/mol. The lowest BCUT2D eigenvalue weighted by Crippen LogP contribution is -2.48. The van der Waals surface area contributed by atoms with E-state index in [1.54, 1.807) is 130 Å². The molecule has 2 saturated heterocycles. The molecule has 6 fully saturated rings. The van der Waals surface area contributed by atoms with E-state index >= 15 is 0 Å². The summed E-state index contributed by atoms with van der Waals surface area (Å²) in [5.41, 5.74) is -3.25. The van der Waals surface area contributed by atoms with E-state index in [0.717, 1.165) is 12.8 Å². The molecule has 28 nitrogen and oxygen atoms in total. The number of nitrogens with one attached hydrogen (secondary N) is 2. The fraction of sp³-hybridized carbons (Fsp3) is 0.667. The van der Waals surface area contributed by atoms with Crippen molar-refractivity contribution in [2.75, 3.05) is 78.6 Å². The smallest absolute Gasteiger partial charge is 0.307 e. The molecule has 2 aromatic carbocycles. The van der Waals surface area contributed by atoms with Crippen LogP contribution in [-0.2, 0) is 67.9 Å². The van der Waals surface area contributed by atoms with Crippen molar-refractivity contribution < 1.29 is 92.4 Å². The molecule has 0 spiro atoms. The van der Waals surface area contributed by atoms with Gasteiger partial charge in [0, 0.05) is 66.0 Å². The number of hydrogen-bond donors (Lipinski definition) is 2. The molecule has 4 aliphatic heterocycles. The maximum absolute atomic E-state index is 15.0. The molecule has 8 aliphatic rings. The topological polar surface area (TPSA) is 349 Å². The van der Waals surface area contributed by atoms with Gasteiger partial charge in [-0.2, -0.15) is 9.97 Å². The number of methoxy groups -OCH3 is 2. The van der Waals surface area contributed by atoms with Crippen LogP contribution in [-0.4, -0.2) is 208 Å². The molecular formula is C84H116F2N10O18S2. The van der Waals surface area contributed by atoms with Gasteiger partial charge in [-0.1, -0.05) is 52.0 Å². The second-order valence-corrected chi connectivity index (χ2v) is 40.5. The Bertz CT molecular complexity index is 4420. The highest BCUT2D eigenvalue weighted by Gasteiger charge is 2.66. The minimum absolute atomic E-state index is 0.0167. The first-order valence-electron chi connectivity index (χ1n) is 40.5. The molecule has 4 aromatic rings. The molecule has 4 aliphatic carbocycles. The quantitative estimate of drug-likeness (QED) is 0.0613. The zero-order valence-corrected chi connectivity index (χ0v) is 71.4. The zero-order valence-electron chi connectivity index (χ0n) is 69.8. The SMILES string of the molecule is COc1ccc2c(O[C@@H]3C[C@H]4C(=O)C[C@]5(C(=O)NS(=O)(=O)C6(CF)CC6)C[C@H]5/C=C\CC[C@@H](C)C[C@@H](C)[C@H](CC(=O)OC(C)(C)C)C(=O)N4C3)nc(N(C)C)nc2c1.COc1ccc2c(O[C@@H]3C[C@H]4C(=O)C[C@]5(C(=O)NS(=O)(=O)C6(CF)CC6)C[C@H]5/C=C\CC[C@H](C)C[C@@H](C)[C@H](CC(=O)OC(C)(C)C)C(=O)N4C3)nc(N(C)C)nc2c1. The highest BCUT2D eigenvalue weighted by atomic mass is 32.2. The van der Waals surface area contributed by atoms with E-state index in [9.17, 15) is 64.0 Å². The molecule has 116 heavy (non-hydrogen) atoms. The van der Waals surface area contributed by atoms with Gasteiger partial charge >= 0.3 is 11.9 Å². The fourth-order valence-corrected chi connectivity index (χ4v) is 19.8. The van der Waals surface area contributed by atoms with E-state index < -0.39 is 160 Å². The third-order valence-corrected chi connectivity index (χ3v) is 28.5. The number of ketones is 2. The Morgan fingerprint density at radius 3 is 1.23 bits per heavy atom. The number of sulfonamides is 2. The van der Waals surface area contributed by atoms with Gasteiger partial charge in [-0.3, -0.25) is 47.8 Å². The van der Waals surface area contributed by atoms with Crippen molar-refractivity contribution in [2.45, 2.75) is 230 Å². The Morgan fingerprint density at radius 2 is 0.914 bits per heavy atom. The van der Waals surface area contributed by atoms with Gasteiger partial charge in [0.25, 0.3) is 0 Å². The average Bonchev–Trinajstić information content (AvgIpc) is 1.57. The first-order chi connectivity index (χ1) is 54.4. The Balaban J connectivity index is 0.000000228. The Labute approximate surface area is 679 Å². The van der Waals surface area contributed by atoms with Crippen molar-refractivity contribution in [3.05, 3.63) is 60.7 Å². The van der Waals surface area contributed by atoms with Crippen molar-refractivity contribution in [1.82, 2.24) is 39.2 Å². The van der Waals surface area contributed by atoms with Crippen molar-refractivity contribution in [3.8, 4) is 23.3 Å². The Hall–Kier alpha value is -8.68. The standard InChI is InChI=1S/2C42H58FN5O9S/c2*1-25-11-9-10-12-27-21-42(27,38(52)46-58(53,54)41(24-43)15-16-41)22-34(49)33-19-29(23-48(33)37(51)31(26(2)17-25)20-35(50)57-40(3,4)5)56-36-30-14-13-28(55-8)18-32(30)44-39(45-36)47(6)7/h2*10,12-14,18,25-27,29,31,33H,9,11,15-17,19-24H2,1-8H3,(H,46,52)/b2*12-10-/t25-,26+,27+,29+,31-,33-,42+;25-,26-,27-,29-,31+,33+,42-/m01/s1. The van der Waals surface area contributed by atoms with Crippen LogP contribution in [0.4, 0.5) is 20.7 Å². The molecular weight excluding hydrogens is 1540 g/mol. The molecule has 4 amide bonds. The number of nitrogens with zero attached hydrogens (tertiary/aromatic N) is 8. The van der Waals surface area contributed by atoms with Crippen LogP contribution < -0.4 is 38.2 Å². The van der Waals surface area contributed by atoms with Crippen LogP contribution in [0.3, 0.4) is 0 Å². The molecule has 2 aromatic heterocycles. The number of anilines is 2. The van der Waals surface area contributed by atoms with Gasteiger partial charge in [0.05, 0.1) is 96.7 Å². The summed E-state index contributed by atoms with van der Waals surface area (Å²) in [6.07, 6.45) is 10.2. The molecule has 32 heteroatoms. The number of ether oxygens (including phenoxy) is 6. The van der Waals surface area contributed by atoms with Crippen LogP contribution in [0.2, 0.25) is 0 Å². The van der Waals surface area contributed by atoms with Gasteiger partial charge in [0.2, 0.25) is 67.3 Å². The zero-order chi connectivity index (χ0) is 84.7. The summed E-state index contributed by atoms with van der Waals surface area (Å²) in [6.45, 7) is 16.4. The fourth-order valence-electron chi connectivity index (χ4n) is 16.9. The second kappa shape index (κ2) is 34.3. The van der Waals surface area contributed by atoms with E-state index in [0.29, 0.717) is 70.9 Å². The van der Waals surface area contributed by atoms with Crippen LogP contribution in [0, 0.1) is 58.2 Å². The molecule has 2 N–H and O–H groups in total. The number of rotatable bonds is 20. The van der Waals surface area contributed by atoms with Gasteiger partial charge in [0.15, 0.2) is 11.6 Å². The monoisotopic (exact) mass is 1650 g/mol. The number of carbonyl (C=O) groups is 8. The number of halogens is 2. The molecule has 0 bridgehead atoms. The van der Waals surface area contributed by atoms with Gasteiger partial charge in [-0.15, -0.1) is 0 Å². The maximum atomic E-state index is 15.0. The molecule has 14 atom stereocenters. The maximum Gasteiger partial charge on any atom is 0.307 e. The van der Waals surface area contributed by atoms with Crippen molar-refractivity contribution in [2.24, 2.45) is 58.2 Å². The van der Waals surface area contributed by atoms with Gasteiger partial charge in [-0.05, 0) is 178 Å². The number of hydrogen-bond acceptors (Lipinski definition) is 24. The second-order valence-electron chi connectivity index (χ2n) is 36.3. The summed E-state index contributed by atoms with van der Waals surface area (Å²) in [7, 11) is 1.58. The molecule has 636 valence electrons. The van der Waals surface area contributed by atoms with E-state index in [-0.39, 0.29) is 126 Å². The van der Waals surface area contributed by atoms with Crippen molar-refractivity contribution in [3.63, 3.8) is 0 Å². The molecule has 12 rings (SSSR count). The molecule has 6 heterocycles. The Kier molecular flexibility index (Phi) is 26.1. The first kappa shape index (κ1) is 88.1. The van der Waals surface area contributed by atoms with Crippen LogP contribution >= 0.6 is 0 Å². The summed E-state index contributed by atoms with van der Waals surface area (Å²) in [5.74, 6) is -4.74.